The van der Waals surface area contributed by atoms with Gasteiger partial charge in [-0.2, -0.15) is 0 Å². The average Bonchev–Trinajstić information content (AvgIpc) is 2.80. The number of hydrogen-bond donors (Lipinski definition) is 6. The summed E-state index contributed by atoms with van der Waals surface area (Å²) >= 11 is 0. The molecule has 11 heteroatoms. The molecular weight excluding hydrogens is 440 g/mol. The second-order valence-corrected chi connectivity index (χ2v) is 7.50. The molecule has 0 radical (unpaired) electrons. The van der Waals surface area contributed by atoms with Crippen LogP contribution in [0.2, 0.25) is 0 Å². The summed E-state index contributed by atoms with van der Waals surface area (Å²) in [5.41, 5.74) is -0.0879. The lowest BCUT2D eigenvalue weighted by Crippen LogP contribution is -2.60. The lowest BCUT2D eigenvalue weighted by atomic mass is 9.99. The summed E-state index contributed by atoms with van der Waals surface area (Å²) in [5, 5.41) is 59.3. The molecule has 0 amide bonds. The van der Waals surface area contributed by atoms with Crippen molar-refractivity contribution in [3.8, 4) is 34.1 Å². The van der Waals surface area contributed by atoms with Gasteiger partial charge in [0.1, 0.15) is 53.1 Å². The molecule has 1 saturated heterocycles. The number of aliphatic hydroxyl groups excluding tert-OH is 4. The van der Waals surface area contributed by atoms with Gasteiger partial charge in [-0.1, -0.05) is 6.07 Å². The van der Waals surface area contributed by atoms with E-state index in [-0.39, 0.29) is 33.8 Å². The monoisotopic (exact) mass is 462 g/mol. The fourth-order valence-electron chi connectivity index (χ4n) is 3.62. The average molecular weight is 462 g/mol. The minimum absolute atomic E-state index is 0.0333. The zero-order chi connectivity index (χ0) is 23.9. The molecular formula is C22H22O11. The third kappa shape index (κ3) is 4.08. The SMILES string of the molecule is COc1cc(-c2coc3cc(OC4OC(CO)C(O)C(O)C4O)cc(O)c3c2=O)ccc1O. The van der Waals surface area contributed by atoms with Crippen molar-refractivity contribution in [3.63, 3.8) is 0 Å². The van der Waals surface area contributed by atoms with Gasteiger partial charge in [-0.05, 0) is 17.7 Å². The van der Waals surface area contributed by atoms with E-state index in [1.807, 2.05) is 0 Å². The Kier molecular flexibility index (Phi) is 6.15. The number of hydrogen-bond acceptors (Lipinski definition) is 11. The predicted octanol–water partition coefficient (Wildman–Crippen LogP) is 0.0585. The highest BCUT2D eigenvalue weighted by atomic mass is 16.7. The Bertz CT molecular complexity index is 1220. The summed E-state index contributed by atoms with van der Waals surface area (Å²) < 4.78 is 21.3. The first-order valence-corrected chi connectivity index (χ1v) is 9.88. The molecule has 1 aliphatic rings. The van der Waals surface area contributed by atoms with Crippen molar-refractivity contribution in [2.75, 3.05) is 13.7 Å². The number of ether oxygens (including phenoxy) is 3. The molecule has 5 unspecified atom stereocenters. The molecule has 2 heterocycles. The van der Waals surface area contributed by atoms with Crippen LogP contribution in [0.5, 0.6) is 23.0 Å². The molecule has 1 aliphatic heterocycles. The Morgan fingerprint density at radius 2 is 1.76 bits per heavy atom. The smallest absolute Gasteiger partial charge is 0.229 e. The molecule has 0 spiro atoms. The van der Waals surface area contributed by atoms with Gasteiger partial charge in [0.2, 0.25) is 11.7 Å². The number of aliphatic hydroxyl groups is 4. The van der Waals surface area contributed by atoms with Crippen molar-refractivity contribution in [3.05, 3.63) is 46.8 Å². The molecule has 11 nitrogen and oxygen atoms in total. The summed E-state index contributed by atoms with van der Waals surface area (Å²) in [6.45, 7) is -0.631. The molecule has 1 fully saturated rings. The van der Waals surface area contributed by atoms with Crippen molar-refractivity contribution in [2.24, 2.45) is 0 Å². The van der Waals surface area contributed by atoms with Crippen LogP contribution in [0.1, 0.15) is 0 Å². The van der Waals surface area contributed by atoms with E-state index >= 15 is 0 Å². The summed E-state index contributed by atoms with van der Waals surface area (Å²) in [6.07, 6.45) is -6.33. The van der Waals surface area contributed by atoms with Gasteiger partial charge in [0.05, 0.1) is 19.3 Å². The van der Waals surface area contributed by atoms with Gasteiger partial charge in [-0.25, -0.2) is 0 Å². The molecule has 4 rings (SSSR count). The van der Waals surface area contributed by atoms with E-state index in [1.54, 1.807) is 0 Å². The van der Waals surface area contributed by atoms with Gasteiger partial charge < -0.3 is 49.3 Å². The number of phenolic OH excluding ortho intramolecular Hbond substituents is 2. The van der Waals surface area contributed by atoms with Gasteiger partial charge in [0, 0.05) is 12.1 Å². The topological polar surface area (TPSA) is 179 Å². The Morgan fingerprint density at radius 3 is 2.45 bits per heavy atom. The third-order valence-electron chi connectivity index (χ3n) is 5.42. The van der Waals surface area contributed by atoms with Crippen LogP contribution in [0.15, 0.2) is 45.8 Å². The van der Waals surface area contributed by atoms with E-state index in [9.17, 15) is 35.4 Å². The normalized spacial score (nSPS) is 25.2. The molecule has 3 aromatic rings. The first-order chi connectivity index (χ1) is 15.7. The van der Waals surface area contributed by atoms with Crippen molar-refractivity contribution in [1.82, 2.24) is 0 Å². The Hall–Kier alpha value is -3.35. The van der Waals surface area contributed by atoms with Gasteiger partial charge >= 0.3 is 0 Å². The second kappa shape index (κ2) is 8.89. The van der Waals surface area contributed by atoms with Gasteiger partial charge in [0.25, 0.3) is 0 Å². The minimum atomic E-state index is -1.65. The summed E-state index contributed by atoms with van der Waals surface area (Å²) in [6, 6.07) is 6.67. The Labute approximate surface area is 186 Å². The van der Waals surface area contributed by atoms with Crippen LogP contribution in [-0.4, -0.2) is 75.1 Å². The minimum Gasteiger partial charge on any atom is -0.507 e. The standard InChI is InChI=1S/C22H22O11/c1-30-14-4-9(2-3-12(14)24)11-8-31-15-6-10(5-13(25)17(15)18(11)26)32-22-21(29)20(28)19(27)16(7-23)33-22/h2-6,8,16,19-25,27-29H,7H2,1H3. The van der Waals surface area contributed by atoms with Gasteiger partial charge in [-0.15, -0.1) is 0 Å². The highest BCUT2D eigenvalue weighted by Crippen LogP contribution is 2.34. The molecule has 0 bridgehead atoms. The molecule has 33 heavy (non-hydrogen) atoms. The fourth-order valence-corrected chi connectivity index (χ4v) is 3.62. The van der Waals surface area contributed by atoms with Crippen molar-refractivity contribution in [1.29, 1.82) is 0 Å². The van der Waals surface area contributed by atoms with Crippen LogP contribution >= 0.6 is 0 Å². The summed E-state index contributed by atoms with van der Waals surface area (Å²) in [7, 11) is 1.37. The molecule has 2 aromatic carbocycles. The maximum atomic E-state index is 13.0. The number of phenols is 2. The van der Waals surface area contributed by atoms with Crippen molar-refractivity contribution in [2.45, 2.75) is 30.7 Å². The number of benzene rings is 2. The number of fused-ring (bicyclic) bond motifs is 1. The van der Waals surface area contributed by atoms with Crippen molar-refractivity contribution < 1.29 is 49.3 Å². The van der Waals surface area contributed by atoms with Crippen LogP contribution in [0.25, 0.3) is 22.1 Å². The number of rotatable bonds is 5. The van der Waals surface area contributed by atoms with E-state index < -0.39 is 48.5 Å². The highest BCUT2D eigenvalue weighted by Gasteiger charge is 2.44. The Morgan fingerprint density at radius 1 is 1.00 bits per heavy atom. The first kappa shape index (κ1) is 22.8. The molecule has 176 valence electrons. The zero-order valence-electron chi connectivity index (χ0n) is 17.3. The van der Waals surface area contributed by atoms with E-state index in [4.69, 9.17) is 18.6 Å². The number of aromatic hydroxyl groups is 2. The van der Waals surface area contributed by atoms with Gasteiger partial charge in [0.15, 0.2) is 11.5 Å². The maximum absolute atomic E-state index is 13.0. The van der Waals surface area contributed by atoms with Crippen LogP contribution < -0.4 is 14.9 Å². The van der Waals surface area contributed by atoms with E-state index in [2.05, 4.69) is 0 Å². The highest BCUT2D eigenvalue weighted by molar-refractivity contribution is 5.88. The molecule has 0 saturated carbocycles. The van der Waals surface area contributed by atoms with E-state index in [1.165, 1.54) is 37.6 Å². The molecule has 1 aromatic heterocycles. The zero-order valence-corrected chi connectivity index (χ0v) is 17.3. The lowest BCUT2D eigenvalue weighted by Gasteiger charge is -2.39. The van der Waals surface area contributed by atoms with Crippen LogP contribution in [-0.2, 0) is 4.74 Å². The summed E-state index contributed by atoms with van der Waals surface area (Å²) in [5.74, 6) is -0.497. The molecule has 5 atom stereocenters. The maximum Gasteiger partial charge on any atom is 0.229 e. The number of methoxy groups -OCH3 is 1. The fraction of sp³-hybridized carbons (Fsp3) is 0.318. The first-order valence-electron chi connectivity index (χ1n) is 9.88. The second-order valence-electron chi connectivity index (χ2n) is 7.50. The predicted molar refractivity (Wildman–Crippen MR) is 112 cm³/mol. The van der Waals surface area contributed by atoms with Crippen molar-refractivity contribution >= 4 is 11.0 Å². The van der Waals surface area contributed by atoms with Crippen LogP contribution in [0.4, 0.5) is 0 Å². The summed E-state index contributed by atoms with van der Waals surface area (Å²) in [4.78, 5) is 13.0. The Balaban J connectivity index is 1.69. The third-order valence-corrected chi connectivity index (χ3v) is 5.42. The quantitative estimate of drug-likeness (QED) is 0.302. The molecule has 0 aliphatic carbocycles. The van der Waals surface area contributed by atoms with E-state index in [0.717, 1.165) is 6.07 Å². The van der Waals surface area contributed by atoms with Crippen LogP contribution in [0, 0.1) is 0 Å². The largest absolute Gasteiger partial charge is 0.507 e. The van der Waals surface area contributed by atoms with Gasteiger partial charge in [-0.3, -0.25) is 4.79 Å². The lowest BCUT2D eigenvalue weighted by molar-refractivity contribution is -0.277. The van der Waals surface area contributed by atoms with E-state index in [0.29, 0.717) is 5.56 Å². The van der Waals surface area contributed by atoms with Crippen LogP contribution in [0.3, 0.4) is 0 Å². The molecule has 6 N–H and O–H groups in total.